The summed E-state index contributed by atoms with van der Waals surface area (Å²) in [5.41, 5.74) is 1.54. The van der Waals surface area contributed by atoms with Gasteiger partial charge in [-0.15, -0.1) is 0 Å². The third kappa shape index (κ3) is 5.10. The lowest BCUT2D eigenvalue weighted by Crippen LogP contribution is -2.41. The molecule has 7 nitrogen and oxygen atoms in total. The van der Waals surface area contributed by atoms with Crippen molar-refractivity contribution >= 4 is 23.4 Å². The predicted molar refractivity (Wildman–Crippen MR) is 108 cm³/mol. The number of nitrogens with zero attached hydrogens (tertiary/aromatic N) is 2. The fourth-order valence-corrected chi connectivity index (χ4v) is 3.47. The highest BCUT2D eigenvalue weighted by Crippen LogP contribution is 2.31. The molecule has 1 unspecified atom stereocenters. The van der Waals surface area contributed by atoms with Crippen LogP contribution in [-0.4, -0.2) is 56.4 Å². The lowest BCUT2D eigenvalue weighted by molar-refractivity contribution is -0.139. The summed E-state index contributed by atoms with van der Waals surface area (Å²) < 4.78 is 5.92. The lowest BCUT2D eigenvalue weighted by atomic mass is 10.0. The SMILES string of the molecule is CCC(CC)C(=O)N1CCC(=O)N(C)c2ccccc2C(OCC(=O)NC)C1. The van der Waals surface area contributed by atoms with Crippen molar-refractivity contribution in [1.82, 2.24) is 10.2 Å². The van der Waals surface area contributed by atoms with Crippen molar-refractivity contribution in [1.29, 1.82) is 0 Å². The molecule has 1 aromatic rings. The third-order valence-electron chi connectivity index (χ3n) is 5.34. The van der Waals surface area contributed by atoms with E-state index in [4.69, 9.17) is 4.74 Å². The molecule has 7 heteroatoms. The molecule has 0 fully saturated rings. The number of carbonyl (C=O) groups is 3. The number of hydrogen-bond acceptors (Lipinski definition) is 4. The van der Waals surface area contributed by atoms with E-state index in [0.717, 1.165) is 24.1 Å². The highest BCUT2D eigenvalue weighted by Gasteiger charge is 2.30. The summed E-state index contributed by atoms with van der Waals surface area (Å²) in [6.07, 6.45) is 1.25. The van der Waals surface area contributed by atoms with E-state index in [-0.39, 0.29) is 36.7 Å². The summed E-state index contributed by atoms with van der Waals surface area (Å²) in [6, 6.07) is 7.49. The van der Waals surface area contributed by atoms with Crippen LogP contribution in [0, 0.1) is 5.92 Å². The quantitative estimate of drug-likeness (QED) is 0.808. The number of para-hydroxylation sites is 1. The van der Waals surface area contributed by atoms with Crippen LogP contribution in [-0.2, 0) is 19.1 Å². The molecule has 0 radical (unpaired) electrons. The normalized spacial score (nSPS) is 17.6. The second-order valence-electron chi connectivity index (χ2n) is 7.03. The second-order valence-corrected chi connectivity index (χ2v) is 7.03. The van der Waals surface area contributed by atoms with E-state index in [1.807, 2.05) is 38.1 Å². The summed E-state index contributed by atoms with van der Waals surface area (Å²) in [5, 5.41) is 2.55. The summed E-state index contributed by atoms with van der Waals surface area (Å²) in [5.74, 6) is -0.335. The largest absolute Gasteiger partial charge is 0.362 e. The number of likely N-dealkylation sites (N-methyl/N-ethyl adjacent to an activating group) is 1. The zero-order valence-electron chi connectivity index (χ0n) is 17.2. The van der Waals surface area contributed by atoms with E-state index >= 15 is 0 Å². The van der Waals surface area contributed by atoms with Crippen molar-refractivity contribution in [2.45, 2.75) is 39.2 Å². The number of hydrogen-bond donors (Lipinski definition) is 1. The van der Waals surface area contributed by atoms with Crippen LogP contribution in [0.25, 0.3) is 0 Å². The minimum Gasteiger partial charge on any atom is -0.362 e. The Morgan fingerprint density at radius 2 is 1.93 bits per heavy atom. The summed E-state index contributed by atoms with van der Waals surface area (Å²) in [6.45, 7) is 4.53. The van der Waals surface area contributed by atoms with Crippen molar-refractivity contribution in [2.24, 2.45) is 5.92 Å². The maximum Gasteiger partial charge on any atom is 0.245 e. The van der Waals surface area contributed by atoms with E-state index < -0.39 is 6.10 Å². The van der Waals surface area contributed by atoms with Crippen LogP contribution in [0.1, 0.15) is 44.8 Å². The molecule has 154 valence electrons. The topological polar surface area (TPSA) is 79.0 Å². The molecule has 0 bridgehead atoms. The first-order valence-electron chi connectivity index (χ1n) is 9.89. The number of anilines is 1. The van der Waals surface area contributed by atoms with E-state index in [2.05, 4.69) is 5.32 Å². The first kappa shape index (κ1) is 21.9. The van der Waals surface area contributed by atoms with Gasteiger partial charge >= 0.3 is 0 Å². The van der Waals surface area contributed by atoms with E-state index in [0.29, 0.717) is 13.1 Å². The number of carbonyl (C=O) groups excluding carboxylic acids is 3. The minimum absolute atomic E-state index is 0.0355. The Morgan fingerprint density at radius 1 is 1.25 bits per heavy atom. The average Bonchev–Trinajstić information content (AvgIpc) is 2.77. The van der Waals surface area contributed by atoms with Crippen molar-refractivity contribution in [3.8, 4) is 0 Å². The fraction of sp³-hybridized carbons (Fsp3) is 0.571. The van der Waals surface area contributed by atoms with Gasteiger partial charge in [0.2, 0.25) is 17.7 Å². The molecule has 0 aromatic heterocycles. The minimum atomic E-state index is -0.500. The smallest absolute Gasteiger partial charge is 0.245 e. The summed E-state index contributed by atoms with van der Waals surface area (Å²) in [7, 11) is 3.29. The van der Waals surface area contributed by atoms with Gasteiger partial charge in [0.05, 0.1) is 6.54 Å². The van der Waals surface area contributed by atoms with Crippen LogP contribution < -0.4 is 10.2 Å². The molecule has 0 spiro atoms. The molecule has 0 saturated heterocycles. The molecule has 1 aliphatic rings. The highest BCUT2D eigenvalue weighted by molar-refractivity contribution is 5.94. The monoisotopic (exact) mass is 389 g/mol. The molecule has 0 saturated carbocycles. The summed E-state index contributed by atoms with van der Waals surface area (Å²) >= 11 is 0. The van der Waals surface area contributed by atoms with Gasteiger partial charge in [0, 0.05) is 44.2 Å². The van der Waals surface area contributed by atoms with Gasteiger partial charge in [0.15, 0.2) is 0 Å². The van der Waals surface area contributed by atoms with Crippen molar-refractivity contribution in [3.05, 3.63) is 29.8 Å². The molecule has 1 aromatic carbocycles. The highest BCUT2D eigenvalue weighted by atomic mass is 16.5. The van der Waals surface area contributed by atoms with Gasteiger partial charge in [-0.2, -0.15) is 0 Å². The Labute approximate surface area is 167 Å². The Kier molecular flexibility index (Phi) is 7.99. The Morgan fingerprint density at radius 3 is 2.57 bits per heavy atom. The molecular weight excluding hydrogens is 358 g/mol. The number of benzene rings is 1. The standard InChI is InChI=1S/C21H31N3O4/c1-5-15(6-2)21(27)24-12-11-20(26)23(4)17-10-8-7-9-16(17)18(13-24)28-14-19(25)22-3/h7-10,15,18H,5-6,11-14H2,1-4H3,(H,22,25). The number of rotatable bonds is 6. The van der Waals surface area contributed by atoms with Crippen LogP contribution >= 0.6 is 0 Å². The first-order valence-corrected chi connectivity index (χ1v) is 9.89. The molecule has 1 N–H and O–H groups in total. The Hall–Kier alpha value is -2.41. The molecular formula is C21H31N3O4. The van der Waals surface area contributed by atoms with Gasteiger partial charge in [0.1, 0.15) is 12.7 Å². The number of fused-ring (bicyclic) bond motifs is 1. The fourth-order valence-electron chi connectivity index (χ4n) is 3.47. The van der Waals surface area contributed by atoms with Crippen LogP contribution in [0.15, 0.2) is 24.3 Å². The maximum absolute atomic E-state index is 13.0. The Bertz CT molecular complexity index is 703. The zero-order chi connectivity index (χ0) is 20.7. The van der Waals surface area contributed by atoms with Crippen molar-refractivity contribution in [3.63, 3.8) is 0 Å². The summed E-state index contributed by atoms with van der Waals surface area (Å²) in [4.78, 5) is 40.8. The molecule has 3 amide bonds. The van der Waals surface area contributed by atoms with Gasteiger partial charge in [-0.3, -0.25) is 14.4 Å². The third-order valence-corrected chi connectivity index (χ3v) is 5.34. The molecule has 1 aliphatic heterocycles. The van der Waals surface area contributed by atoms with Crippen molar-refractivity contribution < 1.29 is 19.1 Å². The molecule has 1 heterocycles. The van der Waals surface area contributed by atoms with E-state index in [1.54, 1.807) is 23.9 Å². The van der Waals surface area contributed by atoms with Crippen LogP contribution in [0.2, 0.25) is 0 Å². The van der Waals surface area contributed by atoms with Gasteiger partial charge in [-0.25, -0.2) is 0 Å². The number of amides is 3. The number of ether oxygens (including phenoxy) is 1. The van der Waals surface area contributed by atoms with E-state index in [1.165, 1.54) is 0 Å². The van der Waals surface area contributed by atoms with Crippen LogP contribution in [0.4, 0.5) is 5.69 Å². The van der Waals surface area contributed by atoms with Gasteiger partial charge in [-0.1, -0.05) is 32.0 Å². The zero-order valence-corrected chi connectivity index (χ0v) is 17.2. The molecule has 0 aliphatic carbocycles. The molecule has 2 rings (SSSR count). The second kappa shape index (κ2) is 10.2. The number of nitrogens with one attached hydrogen (secondary N) is 1. The van der Waals surface area contributed by atoms with Crippen molar-refractivity contribution in [2.75, 3.05) is 38.7 Å². The average molecular weight is 389 g/mol. The van der Waals surface area contributed by atoms with E-state index in [9.17, 15) is 14.4 Å². The predicted octanol–water partition coefficient (Wildman–Crippen LogP) is 2.12. The van der Waals surface area contributed by atoms with Gasteiger partial charge in [-0.05, 0) is 18.9 Å². The lowest BCUT2D eigenvalue weighted by Gasteiger charge is -2.30. The van der Waals surface area contributed by atoms with Gasteiger partial charge < -0.3 is 19.9 Å². The van der Waals surface area contributed by atoms with Gasteiger partial charge in [0.25, 0.3) is 0 Å². The molecule has 28 heavy (non-hydrogen) atoms. The van der Waals surface area contributed by atoms with Crippen LogP contribution in [0.5, 0.6) is 0 Å². The Balaban J connectivity index is 2.41. The molecule has 1 atom stereocenters. The maximum atomic E-state index is 13.0. The van der Waals surface area contributed by atoms with Crippen LogP contribution in [0.3, 0.4) is 0 Å². The first-order chi connectivity index (χ1) is 13.4.